The molecule has 9 nitrogen and oxygen atoms in total. The molecular formula is C24H31F3N6O3S. The first kappa shape index (κ1) is 28.5. The Kier molecular flexibility index (Phi) is 9.62. The number of rotatable bonds is 8. The minimum atomic E-state index is -1.71. The number of amides is 1. The van der Waals surface area contributed by atoms with E-state index in [2.05, 4.69) is 30.9 Å². The van der Waals surface area contributed by atoms with Gasteiger partial charge in [0.1, 0.15) is 28.5 Å². The molecule has 1 aliphatic rings. The monoisotopic (exact) mass is 540 g/mol. The highest BCUT2D eigenvalue weighted by Crippen LogP contribution is 2.27. The molecular weight excluding hydrogens is 509 g/mol. The molecule has 0 radical (unpaired) electrons. The van der Waals surface area contributed by atoms with Crippen LogP contribution in [0.25, 0.3) is 10.3 Å². The molecule has 202 valence electrons. The molecule has 37 heavy (non-hydrogen) atoms. The summed E-state index contributed by atoms with van der Waals surface area (Å²) in [6.45, 7) is 6.41. The lowest BCUT2D eigenvalue weighted by Crippen LogP contribution is -2.42. The van der Waals surface area contributed by atoms with Crippen molar-refractivity contribution in [1.82, 2.24) is 20.3 Å². The quantitative estimate of drug-likeness (QED) is 0.332. The summed E-state index contributed by atoms with van der Waals surface area (Å²) in [5, 5.41) is 18.0. The second kappa shape index (κ2) is 12.5. The van der Waals surface area contributed by atoms with Gasteiger partial charge in [-0.05, 0) is 20.3 Å². The predicted octanol–water partition coefficient (Wildman–Crippen LogP) is 4.37. The van der Waals surface area contributed by atoms with E-state index in [0.717, 1.165) is 0 Å². The number of pyridine rings is 2. The van der Waals surface area contributed by atoms with Crippen LogP contribution < -0.4 is 16.0 Å². The maximum absolute atomic E-state index is 14.5. The number of hydrogen-bond donors (Lipinski definition) is 4. The highest BCUT2D eigenvalue weighted by molar-refractivity contribution is 7.16. The van der Waals surface area contributed by atoms with E-state index in [0.29, 0.717) is 23.4 Å². The molecule has 1 saturated heterocycles. The fraction of sp³-hybridized carbons (Fsp3) is 0.500. The zero-order valence-electron chi connectivity index (χ0n) is 21.0. The van der Waals surface area contributed by atoms with Crippen molar-refractivity contribution in [2.24, 2.45) is 0 Å². The topological polar surface area (TPSA) is 121 Å². The summed E-state index contributed by atoms with van der Waals surface area (Å²) in [5.41, 5.74) is 0.581. The number of carbonyl (C=O) groups is 1. The number of anilines is 3. The summed E-state index contributed by atoms with van der Waals surface area (Å²) in [6.07, 6.45) is -1.45. The van der Waals surface area contributed by atoms with E-state index in [9.17, 15) is 23.1 Å². The average molecular weight is 541 g/mol. The summed E-state index contributed by atoms with van der Waals surface area (Å²) < 4.78 is 48.2. The largest absolute Gasteiger partial charge is 0.387 e. The van der Waals surface area contributed by atoms with Crippen LogP contribution in [-0.2, 0) is 4.74 Å². The van der Waals surface area contributed by atoms with E-state index in [-0.39, 0.29) is 29.5 Å². The number of alkyl halides is 2. The molecule has 1 fully saturated rings. The Labute approximate surface area is 216 Å². The molecule has 3 unspecified atom stereocenters. The van der Waals surface area contributed by atoms with Gasteiger partial charge >= 0.3 is 0 Å². The smallest absolute Gasteiger partial charge is 0.255 e. The van der Waals surface area contributed by atoms with Crippen molar-refractivity contribution < 1.29 is 27.8 Å². The number of carbonyl (C=O) groups excluding carboxylic acids is 1. The lowest BCUT2D eigenvalue weighted by atomic mass is 10.0. The third-order valence-corrected chi connectivity index (χ3v) is 6.24. The van der Waals surface area contributed by atoms with Crippen LogP contribution in [0.15, 0.2) is 23.8 Å². The standard InChI is InChI=1S/C22H25F3N6O3S.C2H6/c1-22(2,33)17(25)8-27-20(32)11-7-26-18(6-15(11)29-14-3-4-34-9-13(14)24)30-19-12(23)5-16-21(31-19)35-10-28-16;1-2/h5-7,10,13-14,17,33H,3-4,8-9H2,1-2H3,(H,27,32)(H2,26,29,30,31);1-2H3. The van der Waals surface area contributed by atoms with Gasteiger partial charge < -0.3 is 25.8 Å². The van der Waals surface area contributed by atoms with Crippen LogP contribution in [-0.4, -0.2) is 69.7 Å². The Morgan fingerprint density at radius 3 is 2.78 bits per heavy atom. The summed E-state index contributed by atoms with van der Waals surface area (Å²) >= 11 is 1.25. The van der Waals surface area contributed by atoms with Gasteiger partial charge in [-0.25, -0.2) is 28.1 Å². The Morgan fingerprint density at radius 2 is 2.08 bits per heavy atom. The van der Waals surface area contributed by atoms with Crippen molar-refractivity contribution in [2.75, 3.05) is 30.4 Å². The SMILES string of the molecule is CC.CC(C)(O)C(F)CNC(=O)c1cnc(Nc2nc3scnc3cc2F)cc1NC1CCOCC1F. The van der Waals surface area contributed by atoms with Gasteiger partial charge in [0.05, 0.1) is 41.6 Å². The van der Waals surface area contributed by atoms with Crippen LogP contribution in [0.1, 0.15) is 44.5 Å². The van der Waals surface area contributed by atoms with Gasteiger partial charge in [-0.3, -0.25) is 4.79 Å². The van der Waals surface area contributed by atoms with E-state index >= 15 is 0 Å². The predicted molar refractivity (Wildman–Crippen MR) is 138 cm³/mol. The molecule has 3 aromatic heterocycles. The molecule has 1 aliphatic heterocycles. The van der Waals surface area contributed by atoms with Crippen LogP contribution in [0.3, 0.4) is 0 Å². The molecule has 3 aromatic rings. The van der Waals surface area contributed by atoms with Crippen LogP contribution in [0.2, 0.25) is 0 Å². The maximum atomic E-state index is 14.5. The molecule has 0 bridgehead atoms. The highest BCUT2D eigenvalue weighted by atomic mass is 32.1. The molecule has 4 heterocycles. The van der Waals surface area contributed by atoms with Gasteiger partial charge in [-0.1, -0.05) is 13.8 Å². The minimum absolute atomic E-state index is 0.0310. The molecule has 3 atom stereocenters. The van der Waals surface area contributed by atoms with Gasteiger partial charge in [0, 0.05) is 24.9 Å². The lowest BCUT2D eigenvalue weighted by Gasteiger charge is -2.28. The van der Waals surface area contributed by atoms with Gasteiger partial charge in [-0.2, -0.15) is 0 Å². The molecule has 0 aliphatic carbocycles. The third kappa shape index (κ3) is 7.27. The number of ether oxygens (including phenoxy) is 1. The Balaban J connectivity index is 0.00000186. The molecule has 0 aromatic carbocycles. The van der Waals surface area contributed by atoms with E-state index < -0.39 is 42.3 Å². The van der Waals surface area contributed by atoms with Crippen molar-refractivity contribution >= 4 is 44.9 Å². The molecule has 0 spiro atoms. The van der Waals surface area contributed by atoms with E-state index in [1.165, 1.54) is 43.5 Å². The summed E-state index contributed by atoms with van der Waals surface area (Å²) in [4.78, 5) is 25.7. The second-order valence-corrected chi connectivity index (χ2v) is 9.53. The fourth-order valence-corrected chi connectivity index (χ4v) is 4.04. The van der Waals surface area contributed by atoms with Crippen LogP contribution >= 0.6 is 11.3 Å². The first-order chi connectivity index (χ1) is 17.6. The molecule has 0 saturated carbocycles. The number of nitrogens with zero attached hydrogens (tertiary/aromatic N) is 3. The van der Waals surface area contributed by atoms with Crippen LogP contribution in [0.5, 0.6) is 0 Å². The van der Waals surface area contributed by atoms with Crippen molar-refractivity contribution in [1.29, 1.82) is 0 Å². The Morgan fingerprint density at radius 1 is 1.32 bits per heavy atom. The number of thiazole rings is 1. The van der Waals surface area contributed by atoms with E-state index in [1.54, 1.807) is 5.51 Å². The summed E-state index contributed by atoms with van der Waals surface area (Å²) in [7, 11) is 0. The number of aliphatic hydroxyl groups is 1. The first-order valence-corrected chi connectivity index (χ1v) is 12.8. The van der Waals surface area contributed by atoms with Gasteiger partial charge in [0.2, 0.25) is 0 Å². The fourth-order valence-electron chi connectivity index (χ4n) is 3.40. The van der Waals surface area contributed by atoms with Crippen LogP contribution in [0, 0.1) is 5.82 Å². The number of hydrogen-bond acceptors (Lipinski definition) is 9. The van der Waals surface area contributed by atoms with Crippen molar-refractivity contribution in [3.05, 3.63) is 35.2 Å². The normalized spacial score (nSPS) is 18.5. The first-order valence-electron chi connectivity index (χ1n) is 11.9. The Hall–Kier alpha value is -3.03. The van der Waals surface area contributed by atoms with E-state index in [4.69, 9.17) is 4.74 Å². The van der Waals surface area contributed by atoms with Gasteiger partial charge in [0.25, 0.3) is 5.91 Å². The molecule has 1 amide bonds. The van der Waals surface area contributed by atoms with Gasteiger partial charge in [-0.15, -0.1) is 11.3 Å². The summed E-state index contributed by atoms with van der Waals surface area (Å²) in [5.74, 6) is -1.24. The molecule has 4 rings (SSSR count). The Bertz CT molecular complexity index is 1210. The lowest BCUT2D eigenvalue weighted by molar-refractivity contribution is -0.00177. The second-order valence-electron chi connectivity index (χ2n) is 8.70. The number of halogens is 3. The van der Waals surface area contributed by atoms with Gasteiger partial charge in [0.15, 0.2) is 11.6 Å². The van der Waals surface area contributed by atoms with Crippen LogP contribution in [0.4, 0.5) is 30.5 Å². The number of nitrogens with one attached hydrogen (secondary N) is 3. The van der Waals surface area contributed by atoms with Crippen molar-refractivity contribution in [3.8, 4) is 0 Å². The molecule has 13 heteroatoms. The number of aromatic nitrogens is 3. The number of fused-ring (bicyclic) bond motifs is 1. The minimum Gasteiger partial charge on any atom is -0.387 e. The maximum Gasteiger partial charge on any atom is 0.255 e. The average Bonchev–Trinajstić information content (AvgIpc) is 3.32. The molecule has 4 N–H and O–H groups in total. The van der Waals surface area contributed by atoms with E-state index in [1.807, 2.05) is 13.8 Å². The summed E-state index contributed by atoms with van der Waals surface area (Å²) in [6, 6.07) is 2.03. The highest BCUT2D eigenvalue weighted by Gasteiger charge is 2.29. The zero-order chi connectivity index (χ0) is 27.2. The van der Waals surface area contributed by atoms with Crippen molar-refractivity contribution in [3.63, 3.8) is 0 Å². The zero-order valence-corrected chi connectivity index (χ0v) is 21.8. The third-order valence-electron chi connectivity index (χ3n) is 5.51. The van der Waals surface area contributed by atoms with Crippen molar-refractivity contribution in [2.45, 2.75) is 58.1 Å².